The van der Waals surface area contributed by atoms with Crippen molar-refractivity contribution in [2.24, 2.45) is 5.10 Å². The van der Waals surface area contributed by atoms with E-state index in [1.165, 1.54) is 6.34 Å². The maximum atomic E-state index is 9.56. The zero-order chi connectivity index (χ0) is 4.57. The molecular formula is C2H2N2O2. The smallest absolute Gasteiger partial charge is 0.433 e. The van der Waals surface area contributed by atoms with E-state index in [-0.39, 0.29) is 0 Å². The van der Waals surface area contributed by atoms with Crippen molar-refractivity contribution in [1.82, 2.24) is 5.01 Å². The summed E-state index contributed by atoms with van der Waals surface area (Å²) in [5, 5.41) is 11.9. The largest absolute Gasteiger partial charge is 0.463 e. The molecule has 0 unspecified atom stereocenters. The molecule has 1 aliphatic rings. The highest BCUT2D eigenvalue weighted by Gasteiger charge is 2.15. The Morgan fingerprint density at radius 1 is 2.00 bits per heavy atom. The van der Waals surface area contributed by atoms with Gasteiger partial charge in [0.05, 0.1) is 0 Å². The highest BCUT2D eigenvalue weighted by molar-refractivity contribution is 5.88. The van der Waals surface area contributed by atoms with Crippen molar-refractivity contribution >= 4 is 12.4 Å². The number of carboxylic acid groups (broad SMARTS) is 1. The average Bonchev–Trinajstić information content (AvgIpc) is 2.06. The third-order valence-corrected chi connectivity index (χ3v) is 0.427. The van der Waals surface area contributed by atoms with E-state index in [9.17, 15) is 4.79 Å². The Bertz CT molecular complexity index is 102. The van der Waals surface area contributed by atoms with Crippen molar-refractivity contribution in [2.45, 2.75) is 0 Å². The Labute approximate surface area is 33.7 Å². The van der Waals surface area contributed by atoms with Crippen molar-refractivity contribution in [1.29, 1.82) is 0 Å². The van der Waals surface area contributed by atoms with E-state index in [1.807, 2.05) is 0 Å². The van der Waals surface area contributed by atoms with Crippen LogP contribution in [-0.4, -0.2) is 22.5 Å². The summed E-state index contributed by atoms with van der Waals surface area (Å²) in [5.74, 6) is 0. The summed E-state index contributed by atoms with van der Waals surface area (Å²) in [6, 6.07) is 0. The second-order valence-corrected chi connectivity index (χ2v) is 0.858. The topological polar surface area (TPSA) is 52.7 Å². The molecule has 1 amide bonds. The Kier molecular flexibility index (Phi) is 0.370. The minimum Gasteiger partial charge on any atom is -0.463 e. The average molecular weight is 86.0 g/mol. The summed E-state index contributed by atoms with van der Waals surface area (Å²) in [4.78, 5) is 9.56. The predicted octanol–water partition coefficient (Wildman–Crippen LogP) is -0.0767. The number of carbonyl (C=O) groups is 1. The van der Waals surface area contributed by atoms with Crippen molar-refractivity contribution in [3.8, 4) is 0 Å². The molecule has 0 saturated heterocycles. The molecule has 1 heterocycles. The number of rotatable bonds is 0. The van der Waals surface area contributed by atoms with Crippen LogP contribution in [0.4, 0.5) is 4.79 Å². The van der Waals surface area contributed by atoms with Crippen LogP contribution in [0, 0.1) is 0 Å². The SMILES string of the molecule is O=C(O)N1C=N1. The molecule has 0 aliphatic carbocycles. The van der Waals surface area contributed by atoms with Gasteiger partial charge in [-0.15, -0.1) is 5.10 Å². The first kappa shape index (κ1) is 3.14. The lowest BCUT2D eigenvalue weighted by Gasteiger charge is -1.80. The van der Waals surface area contributed by atoms with Crippen molar-refractivity contribution in [3.63, 3.8) is 0 Å². The van der Waals surface area contributed by atoms with Gasteiger partial charge in [0.2, 0.25) is 0 Å². The fraction of sp³-hybridized carbons (Fsp3) is 0. The molecule has 0 spiro atoms. The second-order valence-electron chi connectivity index (χ2n) is 0.858. The monoisotopic (exact) mass is 86.0 g/mol. The number of amides is 1. The summed E-state index contributed by atoms with van der Waals surface area (Å²) in [6.45, 7) is 0. The van der Waals surface area contributed by atoms with Crippen molar-refractivity contribution in [2.75, 3.05) is 0 Å². The lowest BCUT2D eigenvalue weighted by Crippen LogP contribution is -2.05. The van der Waals surface area contributed by atoms with Crippen LogP contribution in [0.15, 0.2) is 5.10 Å². The van der Waals surface area contributed by atoms with E-state index in [2.05, 4.69) is 5.10 Å². The van der Waals surface area contributed by atoms with Gasteiger partial charge in [0.1, 0.15) is 6.34 Å². The van der Waals surface area contributed by atoms with Gasteiger partial charge in [-0.2, -0.15) is 5.01 Å². The first-order valence-corrected chi connectivity index (χ1v) is 1.37. The van der Waals surface area contributed by atoms with Gasteiger partial charge < -0.3 is 5.11 Å². The van der Waals surface area contributed by atoms with E-state index in [0.29, 0.717) is 0 Å². The van der Waals surface area contributed by atoms with Gasteiger partial charge >= 0.3 is 6.09 Å². The molecule has 32 valence electrons. The maximum absolute atomic E-state index is 9.56. The zero-order valence-corrected chi connectivity index (χ0v) is 2.83. The molecule has 0 bridgehead atoms. The minimum absolute atomic E-state index is 0.833. The third kappa shape index (κ3) is 0.314. The standard InChI is InChI=1S/C2H2N2O2/c5-2(6)4-1-3-4/h1H,(H,5,6). The van der Waals surface area contributed by atoms with Gasteiger partial charge in [0, 0.05) is 0 Å². The predicted molar refractivity (Wildman–Crippen MR) is 18.4 cm³/mol. The minimum atomic E-state index is -1.02. The number of hydrogen-bond acceptors (Lipinski definition) is 2. The van der Waals surface area contributed by atoms with E-state index >= 15 is 0 Å². The van der Waals surface area contributed by atoms with Gasteiger partial charge in [0.25, 0.3) is 0 Å². The molecule has 1 rings (SSSR count). The summed E-state index contributed by atoms with van der Waals surface area (Å²) in [7, 11) is 0. The summed E-state index contributed by atoms with van der Waals surface area (Å²) < 4.78 is 0. The first-order chi connectivity index (χ1) is 2.80. The van der Waals surface area contributed by atoms with Crippen LogP contribution < -0.4 is 0 Å². The Morgan fingerprint density at radius 2 is 2.50 bits per heavy atom. The molecule has 6 heavy (non-hydrogen) atoms. The molecule has 0 saturated carbocycles. The van der Waals surface area contributed by atoms with Crippen LogP contribution in [0.25, 0.3) is 0 Å². The summed E-state index contributed by atoms with van der Waals surface area (Å²) >= 11 is 0. The van der Waals surface area contributed by atoms with Crippen LogP contribution in [0.5, 0.6) is 0 Å². The number of hydrazone groups is 1. The van der Waals surface area contributed by atoms with Gasteiger partial charge in [0.15, 0.2) is 0 Å². The molecule has 0 aromatic heterocycles. The lowest BCUT2D eigenvalue weighted by molar-refractivity contribution is 0.180. The zero-order valence-electron chi connectivity index (χ0n) is 2.83. The van der Waals surface area contributed by atoms with E-state index < -0.39 is 6.09 Å². The highest BCUT2D eigenvalue weighted by Crippen LogP contribution is 1.95. The Balaban J connectivity index is 2.35. The van der Waals surface area contributed by atoms with Crippen molar-refractivity contribution < 1.29 is 9.90 Å². The van der Waals surface area contributed by atoms with E-state index in [1.54, 1.807) is 0 Å². The number of nitrogens with zero attached hydrogens (tertiary/aromatic N) is 2. The van der Waals surface area contributed by atoms with Gasteiger partial charge in [-0.05, 0) is 0 Å². The molecular weight excluding hydrogens is 84.0 g/mol. The van der Waals surface area contributed by atoms with E-state index in [4.69, 9.17) is 5.11 Å². The maximum Gasteiger partial charge on any atom is 0.433 e. The molecule has 4 nitrogen and oxygen atoms in total. The molecule has 0 fully saturated rings. The lowest BCUT2D eigenvalue weighted by atomic mass is 11.1. The highest BCUT2D eigenvalue weighted by atomic mass is 16.4. The Morgan fingerprint density at radius 3 is 2.50 bits per heavy atom. The van der Waals surface area contributed by atoms with Gasteiger partial charge in [-0.3, -0.25) is 0 Å². The summed E-state index contributed by atoms with van der Waals surface area (Å²) in [6.07, 6.45) is 0.206. The van der Waals surface area contributed by atoms with E-state index in [0.717, 1.165) is 5.01 Å². The van der Waals surface area contributed by atoms with Crippen LogP contribution >= 0.6 is 0 Å². The number of hydrogen-bond donors (Lipinski definition) is 1. The third-order valence-electron chi connectivity index (χ3n) is 0.427. The molecule has 1 N–H and O–H groups in total. The van der Waals surface area contributed by atoms with Crippen molar-refractivity contribution in [3.05, 3.63) is 0 Å². The Hall–Kier alpha value is -1.06. The van der Waals surface area contributed by atoms with Crippen LogP contribution in [-0.2, 0) is 0 Å². The molecule has 4 heteroatoms. The molecule has 0 atom stereocenters. The molecule has 0 aromatic rings. The molecule has 1 aliphatic heterocycles. The quantitative estimate of drug-likeness (QED) is 0.448. The first-order valence-electron chi connectivity index (χ1n) is 1.37. The van der Waals surface area contributed by atoms with Gasteiger partial charge in [-0.1, -0.05) is 0 Å². The van der Waals surface area contributed by atoms with Crippen LogP contribution in [0.1, 0.15) is 0 Å². The summed E-state index contributed by atoms with van der Waals surface area (Å²) in [5.41, 5.74) is 0. The fourth-order valence-corrected chi connectivity index (χ4v) is 0.125. The molecule has 0 aromatic carbocycles. The second kappa shape index (κ2) is 0.707. The van der Waals surface area contributed by atoms with Crippen LogP contribution in [0.3, 0.4) is 0 Å². The van der Waals surface area contributed by atoms with Gasteiger partial charge in [-0.25, -0.2) is 4.79 Å². The molecule has 0 radical (unpaired) electrons. The normalized spacial score (nSPS) is 15.0. The van der Waals surface area contributed by atoms with Crippen LogP contribution in [0.2, 0.25) is 0 Å². The fourth-order valence-electron chi connectivity index (χ4n) is 0.125.